The van der Waals surface area contributed by atoms with Gasteiger partial charge in [0.2, 0.25) is 0 Å². The third kappa shape index (κ3) is 5.10. The topological polar surface area (TPSA) is 48.4 Å². The molecule has 0 spiro atoms. The summed E-state index contributed by atoms with van der Waals surface area (Å²) in [5.41, 5.74) is 2.82. The Balaban J connectivity index is 1.65. The van der Waals surface area contributed by atoms with Gasteiger partial charge in [0.25, 0.3) is 0 Å². The average Bonchev–Trinajstić information content (AvgIpc) is 2.73. The maximum atomic E-state index is 12.3. The predicted octanol–water partition coefficient (Wildman–Crippen LogP) is 5.65. The molecule has 0 bridgehead atoms. The Morgan fingerprint density at radius 2 is 1.79 bits per heavy atom. The summed E-state index contributed by atoms with van der Waals surface area (Å²) in [6, 6.07) is 19.8. The SMILES string of the molecule is CCCCC(C(=O)OCC)c1ccc(OCc2ccc3ccccc3n2)cc1. The summed E-state index contributed by atoms with van der Waals surface area (Å²) in [6.07, 6.45) is 2.85. The van der Waals surface area contributed by atoms with Gasteiger partial charge >= 0.3 is 5.97 Å². The molecule has 4 nitrogen and oxygen atoms in total. The van der Waals surface area contributed by atoms with E-state index in [9.17, 15) is 4.79 Å². The summed E-state index contributed by atoms with van der Waals surface area (Å²) >= 11 is 0. The first-order chi connectivity index (χ1) is 13.7. The molecule has 0 aliphatic carbocycles. The number of carbonyl (C=O) groups is 1. The molecule has 0 aliphatic rings. The second-order valence-electron chi connectivity index (χ2n) is 6.80. The molecule has 0 saturated carbocycles. The van der Waals surface area contributed by atoms with Crippen LogP contribution in [0.4, 0.5) is 0 Å². The highest BCUT2D eigenvalue weighted by Gasteiger charge is 2.21. The lowest BCUT2D eigenvalue weighted by Crippen LogP contribution is -2.16. The number of rotatable bonds is 9. The van der Waals surface area contributed by atoms with E-state index < -0.39 is 0 Å². The molecule has 3 rings (SSSR count). The molecule has 0 saturated heterocycles. The quantitative estimate of drug-likeness (QED) is 0.452. The lowest BCUT2D eigenvalue weighted by molar-refractivity contribution is -0.145. The minimum atomic E-state index is -0.212. The Morgan fingerprint density at radius 3 is 2.54 bits per heavy atom. The van der Waals surface area contributed by atoms with Crippen molar-refractivity contribution in [2.45, 2.75) is 45.6 Å². The van der Waals surface area contributed by atoms with E-state index in [1.165, 1.54) is 0 Å². The first kappa shape index (κ1) is 19.9. The summed E-state index contributed by atoms with van der Waals surface area (Å²) in [4.78, 5) is 16.9. The van der Waals surface area contributed by atoms with Crippen LogP contribution in [0.25, 0.3) is 10.9 Å². The highest BCUT2D eigenvalue weighted by atomic mass is 16.5. The summed E-state index contributed by atoms with van der Waals surface area (Å²) < 4.78 is 11.1. The normalized spacial score (nSPS) is 11.9. The zero-order valence-electron chi connectivity index (χ0n) is 16.6. The number of hydrogen-bond acceptors (Lipinski definition) is 4. The van der Waals surface area contributed by atoms with E-state index in [0.29, 0.717) is 13.2 Å². The third-order valence-corrected chi connectivity index (χ3v) is 4.74. The van der Waals surface area contributed by atoms with Crippen molar-refractivity contribution in [1.82, 2.24) is 4.98 Å². The fourth-order valence-corrected chi connectivity index (χ4v) is 3.21. The number of hydrogen-bond donors (Lipinski definition) is 0. The maximum absolute atomic E-state index is 12.3. The van der Waals surface area contributed by atoms with Gasteiger partial charge in [-0.3, -0.25) is 4.79 Å². The number of esters is 1. The van der Waals surface area contributed by atoms with E-state index in [4.69, 9.17) is 9.47 Å². The van der Waals surface area contributed by atoms with E-state index >= 15 is 0 Å². The average molecular weight is 377 g/mol. The van der Waals surface area contributed by atoms with Crippen molar-refractivity contribution >= 4 is 16.9 Å². The van der Waals surface area contributed by atoms with Gasteiger partial charge < -0.3 is 9.47 Å². The van der Waals surface area contributed by atoms with Crippen LogP contribution >= 0.6 is 0 Å². The van der Waals surface area contributed by atoms with Crippen molar-refractivity contribution in [3.05, 3.63) is 71.9 Å². The van der Waals surface area contributed by atoms with Gasteiger partial charge in [-0.25, -0.2) is 4.98 Å². The Bertz CT molecular complexity index is 905. The fraction of sp³-hybridized carbons (Fsp3) is 0.333. The molecule has 1 unspecified atom stereocenters. The Labute approximate surface area is 166 Å². The van der Waals surface area contributed by atoms with Gasteiger partial charge in [-0.1, -0.05) is 56.2 Å². The molecule has 1 aromatic heterocycles. The Morgan fingerprint density at radius 1 is 1.00 bits per heavy atom. The van der Waals surface area contributed by atoms with Crippen LogP contribution in [-0.2, 0) is 16.1 Å². The molecular weight excluding hydrogens is 350 g/mol. The molecule has 2 aromatic carbocycles. The number of fused-ring (bicyclic) bond motifs is 1. The number of unbranched alkanes of at least 4 members (excludes halogenated alkanes) is 1. The van der Waals surface area contributed by atoms with E-state index in [1.54, 1.807) is 0 Å². The number of carbonyl (C=O) groups excluding carboxylic acids is 1. The van der Waals surface area contributed by atoms with Crippen LogP contribution in [-0.4, -0.2) is 17.6 Å². The number of pyridine rings is 1. The molecule has 3 aromatic rings. The second-order valence-corrected chi connectivity index (χ2v) is 6.80. The highest BCUT2D eigenvalue weighted by molar-refractivity contribution is 5.78. The van der Waals surface area contributed by atoms with Gasteiger partial charge in [-0.2, -0.15) is 0 Å². The second kappa shape index (κ2) is 9.88. The predicted molar refractivity (Wildman–Crippen MR) is 111 cm³/mol. The summed E-state index contributed by atoms with van der Waals surface area (Å²) in [5.74, 6) is 0.401. The van der Waals surface area contributed by atoms with Gasteiger partial charge in [0, 0.05) is 5.39 Å². The molecule has 1 atom stereocenters. The summed E-state index contributed by atoms with van der Waals surface area (Å²) in [5, 5.41) is 1.12. The van der Waals surface area contributed by atoms with Crippen LogP contribution in [0.3, 0.4) is 0 Å². The lowest BCUT2D eigenvalue weighted by Gasteiger charge is -2.16. The molecule has 0 amide bonds. The van der Waals surface area contributed by atoms with Gasteiger partial charge in [-0.15, -0.1) is 0 Å². The number of benzene rings is 2. The zero-order chi connectivity index (χ0) is 19.8. The van der Waals surface area contributed by atoms with Gasteiger partial charge in [0.15, 0.2) is 0 Å². The van der Waals surface area contributed by atoms with Gasteiger partial charge in [-0.05, 0) is 43.2 Å². The molecule has 0 radical (unpaired) electrons. The van der Waals surface area contributed by atoms with Crippen LogP contribution in [0, 0.1) is 0 Å². The number of nitrogens with zero attached hydrogens (tertiary/aromatic N) is 1. The van der Waals surface area contributed by atoms with E-state index in [2.05, 4.69) is 18.0 Å². The zero-order valence-corrected chi connectivity index (χ0v) is 16.6. The van der Waals surface area contributed by atoms with Gasteiger partial charge in [0.1, 0.15) is 12.4 Å². The molecule has 0 fully saturated rings. The van der Waals surface area contributed by atoms with Gasteiger partial charge in [0.05, 0.1) is 23.7 Å². The third-order valence-electron chi connectivity index (χ3n) is 4.74. The molecule has 28 heavy (non-hydrogen) atoms. The Kier molecular flexibility index (Phi) is 7.01. The summed E-state index contributed by atoms with van der Waals surface area (Å²) in [7, 11) is 0. The van der Waals surface area contributed by atoms with Crippen LogP contribution < -0.4 is 4.74 Å². The number of para-hydroxylation sites is 1. The molecule has 146 valence electrons. The standard InChI is InChI=1S/C24H27NO3/c1-3-5-9-22(24(26)27-4-2)18-12-15-21(16-13-18)28-17-20-14-11-19-8-6-7-10-23(19)25-20/h6-8,10-16,22H,3-5,9,17H2,1-2H3. The maximum Gasteiger partial charge on any atom is 0.313 e. The van der Waals surface area contributed by atoms with Crippen molar-refractivity contribution in [2.75, 3.05) is 6.61 Å². The first-order valence-corrected chi connectivity index (χ1v) is 9.95. The van der Waals surface area contributed by atoms with Crippen LogP contribution in [0.2, 0.25) is 0 Å². The van der Waals surface area contributed by atoms with Crippen molar-refractivity contribution in [3.8, 4) is 5.75 Å². The van der Waals surface area contributed by atoms with E-state index in [-0.39, 0.29) is 11.9 Å². The minimum absolute atomic E-state index is 0.148. The lowest BCUT2D eigenvalue weighted by atomic mass is 9.93. The van der Waals surface area contributed by atoms with Crippen molar-refractivity contribution in [2.24, 2.45) is 0 Å². The van der Waals surface area contributed by atoms with Crippen LogP contribution in [0.1, 0.15) is 50.3 Å². The van der Waals surface area contributed by atoms with Crippen molar-refractivity contribution in [1.29, 1.82) is 0 Å². The first-order valence-electron chi connectivity index (χ1n) is 9.95. The van der Waals surface area contributed by atoms with E-state index in [1.807, 2.05) is 61.5 Å². The molecule has 1 heterocycles. The van der Waals surface area contributed by atoms with Crippen LogP contribution in [0.5, 0.6) is 5.75 Å². The largest absolute Gasteiger partial charge is 0.487 e. The molecule has 0 aliphatic heterocycles. The highest BCUT2D eigenvalue weighted by Crippen LogP contribution is 2.26. The van der Waals surface area contributed by atoms with Crippen molar-refractivity contribution in [3.63, 3.8) is 0 Å². The molecule has 4 heteroatoms. The monoisotopic (exact) mass is 377 g/mol. The van der Waals surface area contributed by atoms with Crippen LogP contribution in [0.15, 0.2) is 60.7 Å². The van der Waals surface area contributed by atoms with E-state index in [0.717, 1.165) is 47.2 Å². The smallest absolute Gasteiger partial charge is 0.313 e. The van der Waals surface area contributed by atoms with Crippen molar-refractivity contribution < 1.29 is 14.3 Å². The minimum Gasteiger partial charge on any atom is -0.487 e. The number of aromatic nitrogens is 1. The Hall–Kier alpha value is -2.88. The molecule has 0 N–H and O–H groups in total. The summed E-state index contributed by atoms with van der Waals surface area (Å²) in [6.45, 7) is 4.77. The molecular formula is C24H27NO3. The number of ether oxygens (including phenoxy) is 2. The fourth-order valence-electron chi connectivity index (χ4n) is 3.21.